The number of aromatic nitrogens is 2. The molecule has 23 heavy (non-hydrogen) atoms. The number of rotatable bonds is 3. The summed E-state index contributed by atoms with van der Waals surface area (Å²) < 4.78 is 16.3. The maximum atomic E-state index is 13.8. The van der Waals surface area contributed by atoms with E-state index >= 15 is 0 Å². The zero-order valence-electron chi connectivity index (χ0n) is 12.9. The summed E-state index contributed by atoms with van der Waals surface area (Å²) in [6.45, 7) is 5.02. The van der Waals surface area contributed by atoms with Gasteiger partial charge in [-0.15, -0.1) is 0 Å². The predicted molar refractivity (Wildman–Crippen MR) is 90.1 cm³/mol. The predicted octanol–water partition coefficient (Wildman–Crippen LogP) is 2.77. The van der Waals surface area contributed by atoms with Gasteiger partial charge < -0.3 is 9.80 Å². The molecule has 1 amide bonds. The summed E-state index contributed by atoms with van der Waals surface area (Å²) in [5, 5.41) is 4.30. The second kappa shape index (κ2) is 6.70. The number of carbonyl (C=O) groups excluding carboxylic acids is 1. The SMILES string of the molecule is CCn1cc(Br)c(C(=O)N2CCN(c3ccccc3F)CC2)n1. The molecule has 1 aromatic heterocycles. The minimum Gasteiger partial charge on any atom is -0.366 e. The number of carbonyl (C=O) groups is 1. The molecule has 122 valence electrons. The van der Waals surface area contributed by atoms with Crippen LogP contribution >= 0.6 is 15.9 Å². The molecule has 0 spiro atoms. The molecule has 7 heteroatoms. The molecule has 1 aliphatic rings. The Balaban J connectivity index is 1.68. The van der Waals surface area contributed by atoms with E-state index in [1.54, 1.807) is 21.7 Å². The molecule has 1 aliphatic heterocycles. The molecule has 0 radical (unpaired) electrons. The largest absolute Gasteiger partial charge is 0.366 e. The maximum absolute atomic E-state index is 13.8. The monoisotopic (exact) mass is 380 g/mol. The lowest BCUT2D eigenvalue weighted by molar-refractivity contribution is 0.0739. The molecular formula is C16H18BrFN4O. The molecular weight excluding hydrogens is 363 g/mol. The second-order valence-electron chi connectivity index (χ2n) is 5.41. The number of piperazine rings is 1. The molecule has 1 aromatic carbocycles. The van der Waals surface area contributed by atoms with E-state index in [-0.39, 0.29) is 11.7 Å². The van der Waals surface area contributed by atoms with Crippen LogP contribution in [0.25, 0.3) is 0 Å². The fourth-order valence-corrected chi connectivity index (χ4v) is 3.20. The fourth-order valence-electron chi connectivity index (χ4n) is 2.71. The van der Waals surface area contributed by atoms with Crippen LogP contribution in [0.3, 0.4) is 0 Å². The van der Waals surface area contributed by atoms with Crippen molar-refractivity contribution in [2.24, 2.45) is 0 Å². The van der Waals surface area contributed by atoms with Gasteiger partial charge in [-0.25, -0.2) is 4.39 Å². The van der Waals surface area contributed by atoms with E-state index in [2.05, 4.69) is 21.0 Å². The van der Waals surface area contributed by atoms with Crippen LogP contribution in [-0.2, 0) is 6.54 Å². The van der Waals surface area contributed by atoms with Crippen molar-refractivity contribution in [1.82, 2.24) is 14.7 Å². The van der Waals surface area contributed by atoms with Crippen molar-refractivity contribution in [3.63, 3.8) is 0 Å². The Morgan fingerprint density at radius 2 is 1.96 bits per heavy atom. The van der Waals surface area contributed by atoms with Crippen LogP contribution in [0.5, 0.6) is 0 Å². The van der Waals surface area contributed by atoms with Gasteiger partial charge in [0.2, 0.25) is 0 Å². The third-order valence-electron chi connectivity index (χ3n) is 4.00. The number of aryl methyl sites for hydroxylation is 1. The average molecular weight is 381 g/mol. The highest BCUT2D eigenvalue weighted by atomic mass is 79.9. The lowest BCUT2D eigenvalue weighted by Gasteiger charge is -2.36. The minimum atomic E-state index is -0.225. The Kier molecular flexibility index (Phi) is 4.66. The number of anilines is 1. The highest BCUT2D eigenvalue weighted by Gasteiger charge is 2.26. The van der Waals surface area contributed by atoms with Crippen LogP contribution in [0, 0.1) is 5.82 Å². The third-order valence-corrected chi connectivity index (χ3v) is 4.58. The number of benzene rings is 1. The highest BCUT2D eigenvalue weighted by Crippen LogP contribution is 2.22. The Labute approximate surface area is 142 Å². The summed E-state index contributed by atoms with van der Waals surface area (Å²) in [5.41, 5.74) is 1.03. The first kappa shape index (κ1) is 16.0. The van der Waals surface area contributed by atoms with Crippen LogP contribution in [0.2, 0.25) is 0 Å². The summed E-state index contributed by atoms with van der Waals surface area (Å²) in [7, 11) is 0. The maximum Gasteiger partial charge on any atom is 0.275 e. The molecule has 0 unspecified atom stereocenters. The van der Waals surface area contributed by atoms with Gasteiger partial charge in [-0.1, -0.05) is 12.1 Å². The van der Waals surface area contributed by atoms with Gasteiger partial charge >= 0.3 is 0 Å². The third kappa shape index (κ3) is 3.24. The van der Waals surface area contributed by atoms with Gasteiger partial charge in [0.25, 0.3) is 5.91 Å². The molecule has 1 saturated heterocycles. The summed E-state index contributed by atoms with van der Waals surface area (Å²) in [6, 6.07) is 6.73. The summed E-state index contributed by atoms with van der Waals surface area (Å²) in [6.07, 6.45) is 1.81. The first-order valence-corrected chi connectivity index (χ1v) is 8.41. The van der Waals surface area contributed by atoms with Gasteiger partial charge in [-0.3, -0.25) is 9.48 Å². The van der Waals surface area contributed by atoms with E-state index < -0.39 is 0 Å². The van der Waals surface area contributed by atoms with E-state index in [0.717, 1.165) is 0 Å². The number of para-hydroxylation sites is 1. The van der Waals surface area contributed by atoms with Crippen LogP contribution in [0.4, 0.5) is 10.1 Å². The Bertz CT molecular complexity index is 710. The topological polar surface area (TPSA) is 41.4 Å². The number of hydrogen-bond donors (Lipinski definition) is 0. The van der Waals surface area contributed by atoms with Crippen LogP contribution in [0.15, 0.2) is 34.9 Å². The molecule has 2 heterocycles. The van der Waals surface area contributed by atoms with E-state index in [9.17, 15) is 9.18 Å². The molecule has 0 aliphatic carbocycles. The van der Waals surface area contributed by atoms with Crippen molar-refractivity contribution >= 4 is 27.5 Å². The molecule has 2 aromatic rings. The zero-order chi connectivity index (χ0) is 16.4. The first-order valence-electron chi connectivity index (χ1n) is 7.62. The van der Waals surface area contributed by atoms with Crippen LogP contribution in [0.1, 0.15) is 17.4 Å². The second-order valence-corrected chi connectivity index (χ2v) is 6.27. The van der Waals surface area contributed by atoms with E-state index in [4.69, 9.17) is 0 Å². The van der Waals surface area contributed by atoms with Crippen molar-refractivity contribution in [2.75, 3.05) is 31.1 Å². The fraction of sp³-hybridized carbons (Fsp3) is 0.375. The van der Waals surface area contributed by atoms with Gasteiger partial charge in [-0.2, -0.15) is 5.10 Å². The van der Waals surface area contributed by atoms with E-state index in [1.165, 1.54) is 6.07 Å². The molecule has 5 nitrogen and oxygen atoms in total. The quantitative estimate of drug-likeness (QED) is 0.821. The number of halogens is 2. The standard InChI is InChI=1S/C16H18BrFN4O/c1-2-22-11-12(17)15(19-22)16(23)21-9-7-20(8-10-21)14-6-4-3-5-13(14)18/h3-6,11H,2,7-10H2,1H3. The summed E-state index contributed by atoms with van der Waals surface area (Å²) in [5.74, 6) is -0.311. The molecule has 0 atom stereocenters. The number of nitrogens with zero attached hydrogens (tertiary/aromatic N) is 4. The summed E-state index contributed by atoms with van der Waals surface area (Å²) in [4.78, 5) is 16.3. The van der Waals surface area contributed by atoms with Crippen molar-refractivity contribution in [3.8, 4) is 0 Å². The minimum absolute atomic E-state index is 0.0859. The lowest BCUT2D eigenvalue weighted by atomic mass is 10.2. The Morgan fingerprint density at radius 1 is 1.26 bits per heavy atom. The van der Waals surface area contributed by atoms with Crippen molar-refractivity contribution in [3.05, 3.63) is 46.4 Å². The molecule has 0 saturated carbocycles. The number of hydrogen-bond acceptors (Lipinski definition) is 3. The van der Waals surface area contributed by atoms with Crippen molar-refractivity contribution < 1.29 is 9.18 Å². The van der Waals surface area contributed by atoms with Gasteiger partial charge in [0.15, 0.2) is 5.69 Å². The van der Waals surface area contributed by atoms with E-state index in [1.807, 2.05) is 24.1 Å². The smallest absolute Gasteiger partial charge is 0.275 e. The van der Waals surface area contributed by atoms with Gasteiger partial charge in [0.05, 0.1) is 10.2 Å². The Morgan fingerprint density at radius 3 is 2.57 bits per heavy atom. The molecule has 3 rings (SSSR count). The first-order chi connectivity index (χ1) is 11.1. The molecule has 1 fully saturated rings. The lowest BCUT2D eigenvalue weighted by Crippen LogP contribution is -2.49. The number of amides is 1. The van der Waals surface area contributed by atoms with Gasteiger partial charge in [0.1, 0.15) is 5.82 Å². The van der Waals surface area contributed by atoms with Crippen molar-refractivity contribution in [1.29, 1.82) is 0 Å². The summed E-state index contributed by atoms with van der Waals surface area (Å²) >= 11 is 3.39. The Hall–Kier alpha value is -1.89. The van der Waals surface area contributed by atoms with Crippen molar-refractivity contribution in [2.45, 2.75) is 13.5 Å². The highest BCUT2D eigenvalue weighted by molar-refractivity contribution is 9.10. The molecule has 0 bridgehead atoms. The van der Waals surface area contributed by atoms with Crippen LogP contribution in [-0.4, -0.2) is 46.8 Å². The average Bonchev–Trinajstić information content (AvgIpc) is 2.96. The van der Waals surface area contributed by atoms with E-state index in [0.29, 0.717) is 48.6 Å². The zero-order valence-corrected chi connectivity index (χ0v) is 14.5. The molecule has 0 N–H and O–H groups in total. The van der Waals surface area contributed by atoms with Gasteiger partial charge in [0, 0.05) is 38.9 Å². The van der Waals surface area contributed by atoms with Crippen LogP contribution < -0.4 is 4.90 Å². The normalized spacial score (nSPS) is 15.1. The van der Waals surface area contributed by atoms with Gasteiger partial charge in [-0.05, 0) is 35.0 Å².